The topological polar surface area (TPSA) is 59.8 Å². The van der Waals surface area contributed by atoms with E-state index in [0.29, 0.717) is 34.7 Å². The van der Waals surface area contributed by atoms with E-state index >= 15 is 0 Å². The van der Waals surface area contributed by atoms with E-state index in [0.717, 1.165) is 24.0 Å². The van der Waals surface area contributed by atoms with E-state index in [-0.39, 0.29) is 23.2 Å². The van der Waals surface area contributed by atoms with Gasteiger partial charge in [0.15, 0.2) is 5.43 Å². The lowest BCUT2D eigenvalue weighted by Crippen LogP contribution is -2.36. The number of halogens is 1. The molecular formula is C23H20ClNO4. The van der Waals surface area contributed by atoms with Gasteiger partial charge >= 0.3 is 0 Å². The van der Waals surface area contributed by atoms with E-state index in [2.05, 4.69) is 0 Å². The van der Waals surface area contributed by atoms with Crippen LogP contribution in [0.4, 0.5) is 0 Å². The molecule has 29 heavy (non-hydrogen) atoms. The van der Waals surface area contributed by atoms with Crippen LogP contribution in [-0.2, 0) is 4.74 Å². The summed E-state index contributed by atoms with van der Waals surface area (Å²) in [6.07, 6.45) is 1.86. The first kappa shape index (κ1) is 18.4. The molecule has 2 aliphatic heterocycles. The SMILES string of the molecule is Cc1ccc([C@@H]2c3c(oc4ccc(Cl)cc4c3=O)C(=O)N2C[C@H]2CCCO2)cc1. The third kappa shape index (κ3) is 3.05. The number of carbonyl (C=O) groups is 1. The molecule has 0 spiro atoms. The Morgan fingerprint density at radius 3 is 2.66 bits per heavy atom. The van der Waals surface area contributed by atoms with Crippen molar-refractivity contribution in [3.8, 4) is 0 Å². The molecule has 6 heteroatoms. The first-order valence-corrected chi connectivity index (χ1v) is 10.2. The van der Waals surface area contributed by atoms with Crippen molar-refractivity contribution in [1.29, 1.82) is 0 Å². The maximum Gasteiger partial charge on any atom is 0.291 e. The number of carbonyl (C=O) groups excluding carboxylic acids is 1. The van der Waals surface area contributed by atoms with E-state index in [1.165, 1.54) is 0 Å². The summed E-state index contributed by atoms with van der Waals surface area (Å²) < 4.78 is 11.7. The normalized spacial score (nSPS) is 21.2. The fraction of sp³-hybridized carbons (Fsp3) is 0.304. The van der Waals surface area contributed by atoms with Gasteiger partial charge in [-0.2, -0.15) is 0 Å². The second-order valence-electron chi connectivity index (χ2n) is 7.72. The number of rotatable bonds is 3. The quantitative estimate of drug-likeness (QED) is 0.640. The molecule has 1 saturated heterocycles. The van der Waals surface area contributed by atoms with Crippen LogP contribution in [0.2, 0.25) is 5.02 Å². The Morgan fingerprint density at radius 1 is 1.14 bits per heavy atom. The van der Waals surface area contributed by atoms with E-state index in [9.17, 15) is 9.59 Å². The maximum absolute atomic E-state index is 13.4. The average Bonchev–Trinajstić information content (AvgIpc) is 3.32. The highest BCUT2D eigenvalue weighted by molar-refractivity contribution is 6.31. The minimum atomic E-state index is -0.498. The average molecular weight is 410 g/mol. The molecule has 2 aliphatic rings. The lowest BCUT2D eigenvalue weighted by molar-refractivity contribution is 0.0486. The highest BCUT2D eigenvalue weighted by atomic mass is 35.5. The monoisotopic (exact) mass is 409 g/mol. The van der Waals surface area contributed by atoms with Crippen molar-refractivity contribution in [2.45, 2.75) is 31.9 Å². The summed E-state index contributed by atoms with van der Waals surface area (Å²) in [4.78, 5) is 28.5. The van der Waals surface area contributed by atoms with E-state index in [1.54, 1.807) is 23.1 Å². The maximum atomic E-state index is 13.4. The molecule has 148 valence electrons. The van der Waals surface area contributed by atoms with E-state index < -0.39 is 6.04 Å². The van der Waals surface area contributed by atoms with Crippen LogP contribution in [0.25, 0.3) is 11.0 Å². The standard InChI is InChI=1S/C23H20ClNO4/c1-13-4-6-14(7-5-13)20-19-21(26)17-11-15(24)8-9-18(17)29-22(19)23(27)25(20)12-16-3-2-10-28-16/h4-9,11,16,20H,2-3,10,12H2,1H3/t16-,20-/m1/s1. The Balaban J connectivity index is 1.71. The summed E-state index contributed by atoms with van der Waals surface area (Å²) >= 11 is 6.11. The van der Waals surface area contributed by atoms with Gasteiger partial charge in [0.1, 0.15) is 5.58 Å². The van der Waals surface area contributed by atoms with Gasteiger partial charge in [-0.05, 0) is 43.5 Å². The number of fused-ring (bicyclic) bond motifs is 2. The summed E-state index contributed by atoms with van der Waals surface area (Å²) in [5.41, 5.74) is 2.54. The zero-order valence-electron chi connectivity index (χ0n) is 16.0. The second kappa shape index (κ2) is 7.01. The number of aryl methyl sites for hydroxylation is 1. The molecule has 5 rings (SSSR count). The predicted octanol–water partition coefficient (Wildman–Crippen LogP) is 4.48. The van der Waals surface area contributed by atoms with Crippen LogP contribution in [0, 0.1) is 6.92 Å². The Hall–Kier alpha value is -2.63. The smallest absolute Gasteiger partial charge is 0.291 e. The lowest BCUT2D eigenvalue weighted by Gasteiger charge is -2.27. The minimum absolute atomic E-state index is 0.0276. The minimum Gasteiger partial charge on any atom is -0.450 e. The van der Waals surface area contributed by atoms with E-state index in [1.807, 2.05) is 31.2 Å². The molecule has 3 heterocycles. The molecule has 2 aromatic carbocycles. The third-order valence-electron chi connectivity index (χ3n) is 5.75. The zero-order chi connectivity index (χ0) is 20.1. The van der Waals surface area contributed by atoms with Gasteiger partial charge in [-0.15, -0.1) is 0 Å². The molecule has 5 nitrogen and oxygen atoms in total. The van der Waals surface area contributed by atoms with Crippen LogP contribution >= 0.6 is 11.6 Å². The van der Waals surface area contributed by atoms with E-state index in [4.69, 9.17) is 20.8 Å². The number of hydrogen-bond donors (Lipinski definition) is 0. The Kier molecular flexibility index (Phi) is 4.45. The van der Waals surface area contributed by atoms with Crippen LogP contribution < -0.4 is 5.43 Å². The Morgan fingerprint density at radius 2 is 1.93 bits per heavy atom. The molecule has 0 N–H and O–H groups in total. The molecule has 1 aromatic heterocycles. The number of ether oxygens (including phenoxy) is 1. The van der Waals surface area contributed by atoms with Gasteiger partial charge in [-0.1, -0.05) is 41.4 Å². The van der Waals surface area contributed by atoms with Crippen molar-refractivity contribution in [1.82, 2.24) is 4.90 Å². The molecule has 0 radical (unpaired) electrons. The van der Waals surface area contributed by atoms with Crippen LogP contribution in [0.5, 0.6) is 0 Å². The molecule has 3 aromatic rings. The van der Waals surface area contributed by atoms with Gasteiger partial charge < -0.3 is 14.1 Å². The first-order chi connectivity index (χ1) is 14.0. The highest BCUT2D eigenvalue weighted by Gasteiger charge is 2.43. The van der Waals surface area contributed by atoms with Crippen molar-refractivity contribution in [2.24, 2.45) is 0 Å². The Labute approximate surface area is 172 Å². The number of benzene rings is 2. The molecule has 0 saturated carbocycles. The van der Waals surface area contributed by atoms with Crippen molar-refractivity contribution < 1.29 is 13.9 Å². The number of nitrogens with zero attached hydrogens (tertiary/aromatic N) is 1. The summed E-state index contributed by atoms with van der Waals surface area (Å²) in [6, 6.07) is 12.3. The lowest BCUT2D eigenvalue weighted by atomic mass is 9.97. The zero-order valence-corrected chi connectivity index (χ0v) is 16.7. The summed E-state index contributed by atoms with van der Waals surface area (Å²) in [7, 11) is 0. The molecule has 2 atom stereocenters. The third-order valence-corrected chi connectivity index (χ3v) is 5.98. The molecule has 1 amide bonds. The van der Waals surface area contributed by atoms with Crippen LogP contribution in [-0.4, -0.2) is 30.1 Å². The second-order valence-corrected chi connectivity index (χ2v) is 8.16. The summed E-state index contributed by atoms with van der Waals surface area (Å²) in [6.45, 7) is 3.14. The fourth-order valence-corrected chi connectivity index (χ4v) is 4.46. The first-order valence-electron chi connectivity index (χ1n) is 9.78. The summed E-state index contributed by atoms with van der Waals surface area (Å²) in [5, 5.41) is 0.845. The van der Waals surface area contributed by atoms with Crippen molar-refractivity contribution in [3.05, 3.63) is 80.2 Å². The van der Waals surface area contributed by atoms with Gasteiger partial charge in [0, 0.05) is 18.2 Å². The van der Waals surface area contributed by atoms with Crippen LogP contribution in [0.3, 0.4) is 0 Å². The Bertz CT molecular complexity index is 1160. The van der Waals surface area contributed by atoms with Crippen molar-refractivity contribution >= 4 is 28.5 Å². The molecule has 0 bridgehead atoms. The highest BCUT2D eigenvalue weighted by Crippen LogP contribution is 2.39. The van der Waals surface area contributed by atoms with Crippen LogP contribution in [0.1, 0.15) is 46.1 Å². The number of hydrogen-bond acceptors (Lipinski definition) is 4. The van der Waals surface area contributed by atoms with Crippen molar-refractivity contribution in [2.75, 3.05) is 13.2 Å². The van der Waals surface area contributed by atoms with Gasteiger partial charge in [-0.3, -0.25) is 9.59 Å². The molecule has 1 fully saturated rings. The molecule has 0 aliphatic carbocycles. The fourth-order valence-electron chi connectivity index (χ4n) is 4.28. The molecular weight excluding hydrogens is 390 g/mol. The van der Waals surface area contributed by atoms with Gasteiger partial charge in [0.2, 0.25) is 5.76 Å². The van der Waals surface area contributed by atoms with Gasteiger partial charge in [0.05, 0.1) is 23.1 Å². The van der Waals surface area contributed by atoms with Crippen molar-refractivity contribution in [3.63, 3.8) is 0 Å². The van der Waals surface area contributed by atoms with Gasteiger partial charge in [-0.25, -0.2) is 0 Å². The largest absolute Gasteiger partial charge is 0.450 e. The number of amides is 1. The van der Waals surface area contributed by atoms with Crippen LogP contribution in [0.15, 0.2) is 51.7 Å². The summed E-state index contributed by atoms with van der Waals surface area (Å²) in [5.74, 6) is -0.150. The predicted molar refractivity (Wildman–Crippen MR) is 111 cm³/mol. The van der Waals surface area contributed by atoms with Gasteiger partial charge in [0.25, 0.3) is 5.91 Å². The molecule has 0 unspecified atom stereocenters.